The lowest BCUT2D eigenvalue weighted by atomic mass is 10.0. The van der Waals surface area contributed by atoms with E-state index in [0.29, 0.717) is 5.56 Å². The first-order valence-electron chi connectivity index (χ1n) is 5.70. The number of carbonyl (C=O) groups excluding carboxylic acids is 2. The molecule has 1 unspecified atom stereocenters. The van der Waals surface area contributed by atoms with Crippen LogP contribution in [0.15, 0.2) is 22.7 Å². The van der Waals surface area contributed by atoms with Gasteiger partial charge in [-0.1, -0.05) is 26.0 Å². The lowest BCUT2D eigenvalue weighted by molar-refractivity contribution is -0.120. The Hall–Kier alpha value is -1.36. The van der Waals surface area contributed by atoms with Gasteiger partial charge in [0, 0.05) is 4.47 Å². The molecule has 3 N–H and O–H groups in total. The molecule has 0 aliphatic carbocycles. The Labute approximate surface area is 115 Å². The lowest BCUT2D eigenvalue weighted by Crippen LogP contribution is -2.47. The van der Waals surface area contributed by atoms with Crippen LogP contribution in [0.5, 0.6) is 0 Å². The van der Waals surface area contributed by atoms with Crippen molar-refractivity contribution < 1.29 is 9.59 Å². The number of hydrogen-bond donors (Lipinski definition) is 2. The maximum atomic E-state index is 12.1. The van der Waals surface area contributed by atoms with E-state index in [1.165, 1.54) is 0 Å². The second kappa shape index (κ2) is 6.00. The molecule has 0 aliphatic rings. The Balaban J connectivity index is 2.94. The predicted octanol–water partition coefficient (Wildman–Crippen LogP) is 2.00. The van der Waals surface area contributed by atoms with E-state index in [0.717, 1.165) is 10.0 Å². The molecule has 1 atom stereocenters. The molecule has 1 aromatic carbocycles. The van der Waals surface area contributed by atoms with E-state index >= 15 is 0 Å². The molecule has 0 saturated heterocycles. The minimum atomic E-state index is -0.662. The highest BCUT2D eigenvalue weighted by molar-refractivity contribution is 9.10. The van der Waals surface area contributed by atoms with Gasteiger partial charge in [0.2, 0.25) is 5.91 Å². The molecule has 1 aromatic rings. The average molecular weight is 313 g/mol. The fourth-order valence-electron chi connectivity index (χ4n) is 1.61. The summed E-state index contributed by atoms with van der Waals surface area (Å²) in [6, 6.07) is 4.73. The van der Waals surface area contributed by atoms with Crippen molar-refractivity contribution in [2.24, 2.45) is 11.7 Å². The van der Waals surface area contributed by atoms with Gasteiger partial charge in [-0.25, -0.2) is 0 Å². The summed E-state index contributed by atoms with van der Waals surface area (Å²) in [4.78, 5) is 23.3. The summed E-state index contributed by atoms with van der Waals surface area (Å²) in [5.41, 5.74) is 6.73. The molecule has 5 heteroatoms. The molecule has 0 spiro atoms. The number of carbonyl (C=O) groups is 2. The van der Waals surface area contributed by atoms with Crippen molar-refractivity contribution in [3.05, 3.63) is 33.8 Å². The number of benzene rings is 1. The number of aryl methyl sites for hydroxylation is 1. The molecular formula is C13H17BrN2O2. The summed E-state index contributed by atoms with van der Waals surface area (Å²) in [5.74, 6) is -0.875. The SMILES string of the molecule is Cc1cccc(C(=O)NC(C(N)=O)C(C)C)c1Br. The van der Waals surface area contributed by atoms with E-state index in [4.69, 9.17) is 5.73 Å². The summed E-state index contributed by atoms with van der Waals surface area (Å²) in [5, 5.41) is 2.66. The Morgan fingerprint density at radius 3 is 2.44 bits per heavy atom. The highest BCUT2D eigenvalue weighted by atomic mass is 79.9. The summed E-state index contributed by atoms with van der Waals surface area (Å²) >= 11 is 3.37. The molecule has 0 heterocycles. The van der Waals surface area contributed by atoms with Gasteiger partial charge in [0.25, 0.3) is 5.91 Å². The summed E-state index contributed by atoms with van der Waals surface area (Å²) in [7, 11) is 0. The van der Waals surface area contributed by atoms with Gasteiger partial charge in [0.1, 0.15) is 6.04 Å². The van der Waals surface area contributed by atoms with Crippen molar-refractivity contribution in [2.75, 3.05) is 0 Å². The molecule has 4 nitrogen and oxygen atoms in total. The van der Waals surface area contributed by atoms with Crippen molar-refractivity contribution in [1.82, 2.24) is 5.32 Å². The first kappa shape index (κ1) is 14.7. The molecule has 0 fully saturated rings. The van der Waals surface area contributed by atoms with E-state index in [2.05, 4.69) is 21.2 Å². The third-order valence-electron chi connectivity index (χ3n) is 2.70. The molecule has 18 heavy (non-hydrogen) atoms. The van der Waals surface area contributed by atoms with Gasteiger partial charge in [-0.2, -0.15) is 0 Å². The average Bonchev–Trinajstić information content (AvgIpc) is 2.28. The molecule has 0 bridgehead atoms. The topological polar surface area (TPSA) is 72.2 Å². The molecule has 0 aromatic heterocycles. The zero-order valence-electron chi connectivity index (χ0n) is 10.7. The number of nitrogens with one attached hydrogen (secondary N) is 1. The normalized spacial score (nSPS) is 12.3. The maximum Gasteiger partial charge on any atom is 0.253 e. The molecule has 98 valence electrons. The minimum Gasteiger partial charge on any atom is -0.368 e. The van der Waals surface area contributed by atoms with Crippen LogP contribution in [0.4, 0.5) is 0 Å². The molecule has 1 rings (SSSR count). The number of nitrogens with two attached hydrogens (primary N) is 1. The summed E-state index contributed by atoms with van der Waals surface area (Å²) < 4.78 is 0.731. The first-order valence-corrected chi connectivity index (χ1v) is 6.49. The number of halogens is 1. The van der Waals surface area contributed by atoms with E-state index < -0.39 is 11.9 Å². The highest BCUT2D eigenvalue weighted by Gasteiger charge is 2.23. The number of hydrogen-bond acceptors (Lipinski definition) is 2. The lowest BCUT2D eigenvalue weighted by Gasteiger charge is -2.19. The van der Waals surface area contributed by atoms with Gasteiger partial charge in [-0.05, 0) is 40.4 Å². The van der Waals surface area contributed by atoms with E-state index in [-0.39, 0.29) is 11.8 Å². The number of amides is 2. The summed E-state index contributed by atoms with van der Waals surface area (Å²) in [6.07, 6.45) is 0. The molecule has 0 saturated carbocycles. The molecule has 0 radical (unpaired) electrons. The van der Waals surface area contributed by atoms with Gasteiger partial charge in [0.15, 0.2) is 0 Å². The van der Waals surface area contributed by atoms with Crippen LogP contribution in [0, 0.1) is 12.8 Å². The van der Waals surface area contributed by atoms with Crippen molar-refractivity contribution in [3.63, 3.8) is 0 Å². The Bertz CT molecular complexity index is 472. The third kappa shape index (κ3) is 3.32. The van der Waals surface area contributed by atoms with E-state index in [1.807, 2.05) is 26.8 Å². The quantitative estimate of drug-likeness (QED) is 0.892. The van der Waals surface area contributed by atoms with E-state index in [1.54, 1.807) is 12.1 Å². The van der Waals surface area contributed by atoms with Crippen molar-refractivity contribution in [3.8, 4) is 0 Å². The second-order valence-electron chi connectivity index (χ2n) is 4.53. The third-order valence-corrected chi connectivity index (χ3v) is 3.75. The first-order chi connectivity index (χ1) is 8.34. The highest BCUT2D eigenvalue weighted by Crippen LogP contribution is 2.21. The Morgan fingerprint density at radius 1 is 1.33 bits per heavy atom. The van der Waals surface area contributed by atoms with E-state index in [9.17, 15) is 9.59 Å². The van der Waals surface area contributed by atoms with Crippen LogP contribution in [0.25, 0.3) is 0 Å². The zero-order valence-corrected chi connectivity index (χ0v) is 12.2. The van der Waals surface area contributed by atoms with Crippen LogP contribution in [0.1, 0.15) is 29.8 Å². The second-order valence-corrected chi connectivity index (χ2v) is 5.33. The summed E-state index contributed by atoms with van der Waals surface area (Å²) in [6.45, 7) is 5.57. The minimum absolute atomic E-state index is 0.0463. The molecular weight excluding hydrogens is 296 g/mol. The van der Waals surface area contributed by atoms with Crippen molar-refractivity contribution in [2.45, 2.75) is 26.8 Å². The largest absolute Gasteiger partial charge is 0.368 e. The zero-order chi connectivity index (χ0) is 13.9. The van der Waals surface area contributed by atoms with Crippen LogP contribution in [0.3, 0.4) is 0 Å². The fourth-order valence-corrected chi connectivity index (χ4v) is 2.05. The van der Waals surface area contributed by atoms with Gasteiger partial charge >= 0.3 is 0 Å². The van der Waals surface area contributed by atoms with Gasteiger partial charge in [-0.3, -0.25) is 9.59 Å². The Kier molecular flexibility index (Phi) is 4.90. The van der Waals surface area contributed by atoms with Gasteiger partial charge < -0.3 is 11.1 Å². The smallest absolute Gasteiger partial charge is 0.253 e. The van der Waals surface area contributed by atoms with Crippen LogP contribution < -0.4 is 11.1 Å². The van der Waals surface area contributed by atoms with Gasteiger partial charge in [-0.15, -0.1) is 0 Å². The van der Waals surface area contributed by atoms with Crippen molar-refractivity contribution >= 4 is 27.7 Å². The standard InChI is InChI=1S/C13H17BrN2O2/c1-7(2)11(12(15)17)16-13(18)9-6-4-5-8(3)10(9)14/h4-7,11H,1-3H3,(H2,15,17)(H,16,18). The number of rotatable bonds is 4. The monoisotopic (exact) mass is 312 g/mol. The maximum absolute atomic E-state index is 12.1. The Morgan fingerprint density at radius 2 is 1.94 bits per heavy atom. The molecule has 0 aliphatic heterocycles. The molecule has 2 amide bonds. The number of primary amides is 1. The van der Waals surface area contributed by atoms with Crippen LogP contribution >= 0.6 is 15.9 Å². The predicted molar refractivity (Wildman–Crippen MR) is 74.2 cm³/mol. The van der Waals surface area contributed by atoms with Gasteiger partial charge in [0.05, 0.1) is 5.56 Å². The van der Waals surface area contributed by atoms with Crippen LogP contribution in [0.2, 0.25) is 0 Å². The van der Waals surface area contributed by atoms with Crippen LogP contribution in [-0.4, -0.2) is 17.9 Å². The van der Waals surface area contributed by atoms with Crippen LogP contribution in [-0.2, 0) is 4.79 Å². The van der Waals surface area contributed by atoms with Crippen molar-refractivity contribution in [1.29, 1.82) is 0 Å². The fraction of sp³-hybridized carbons (Fsp3) is 0.385.